The van der Waals surface area contributed by atoms with Gasteiger partial charge in [-0.05, 0) is 47.9 Å². The zero-order chi connectivity index (χ0) is 24.8. The maximum atomic E-state index is 12.9. The molecule has 2 amide bonds. The molecule has 7 heteroatoms. The second kappa shape index (κ2) is 11.4. The van der Waals surface area contributed by atoms with E-state index in [0.29, 0.717) is 5.92 Å². The number of alkyl carbamates (subject to hydrolysis) is 1. The van der Waals surface area contributed by atoms with E-state index in [2.05, 4.69) is 22.8 Å². The molecule has 1 saturated carbocycles. The third kappa shape index (κ3) is 6.21. The third-order valence-electron chi connectivity index (χ3n) is 7.15. The molecule has 7 nitrogen and oxygen atoms in total. The highest BCUT2D eigenvalue weighted by Crippen LogP contribution is 2.44. The zero-order valence-electron chi connectivity index (χ0n) is 20.2. The largest absolute Gasteiger partial charge is 0.481 e. The van der Waals surface area contributed by atoms with Crippen molar-refractivity contribution in [1.82, 2.24) is 10.6 Å². The summed E-state index contributed by atoms with van der Waals surface area (Å²) in [5, 5.41) is 14.7. The van der Waals surface area contributed by atoms with E-state index in [9.17, 15) is 14.4 Å². The highest BCUT2D eigenvalue weighted by atomic mass is 16.5. The number of carboxylic acid groups (broad SMARTS) is 1. The molecule has 0 aliphatic heterocycles. The van der Waals surface area contributed by atoms with Crippen LogP contribution in [0.3, 0.4) is 0 Å². The van der Waals surface area contributed by atoms with Gasteiger partial charge in [0.2, 0.25) is 5.91 Å². The van der Waals surface area contributed by atoms with Crippen molar-refractivity contribution >= 4 is 18.0 Å². The molecule has 2 atom stereocenters. The lowest BCUT2D eigenvalue weighted by atomic mass is 9.98. The molecule has 0 aromatic heterocycles. The van der Waals surface area contributed by atoms with Gasteiger partial charge in [-0.3, -0.25) is 9.59 Å². The van der Waals surface area contributed by atoms with Crippen LogP contribution in [0.5, 0.6) is 0 Å². The van der Waals surface area contributed by atoms with Crippen LogP contribution < -0.4 is 10.6 Å². The molecule has 186 valence electrons. The first-order valence-electron chi connectivity index (χ1n) is 12.6. The lowest BCUT2D eigenvalue weighted by Crippen LogP contribution is -2.49. The molecular formula is C28H34N2O5. The Kier molecular flexibility index (Phi) is 8.06. The van der Waals surface area contributed by atoms with Gasteiger partial charge >= 0.3 is 12.1 Å². The van der Waals surface area contributed by atoms with Crippen LogP contribution in [0.25, 0.3) is 11.1 Å². The average Bonchev–Trinajstić information content (AvgIpc) is 3.46. The smallest absolute Gasteiger partial charge is 0.407 e. The second-order valence-electron chi connectivity index (χ2n) is 9.75. The molecule has 2 aromatic carbocycles. The minimum absolute atomic E-state index is 0.00150. The number of hydrogen-bond acceptors (Lipinski definition) is 4. The summed E-state index contributed by atoms with van der Waals surface area (Å²) in [6, 6.07) is 15.1. The summed E-state index contributed by atoms with van der Waals surface area (Å²) >= 11 is 0. The SMILES string of the molecule is CC(CC1CCCC1)NC(=O)C(CCC(=O)O)NC(=O)OCC1c2ccccc2-c2ccccc21. The number of hydrogen-bond donors (Lipinski definition) is 3. The summed E-state index contributed by atoms with van der Waals surface area (Å²) in [4.78, 5) is 36.7. The molecule has 2 unspecified atom stereocenters. The Balaban J connectivity index is 1.36. The molecule has 0 radical (unpaired) electrons. The van der Waals surface area contributed by atoms with E-state index < -0.39 is 18.1 Å². The van der Waals surface area contributed by atoms with Crippen LogP contribution in [-0.4, -0.2) is 41.8 Å². The molecule has 0 bridgehead atoms. The third-order valence-corrected chi connectivity index (χ3v) is 7.15. The van der Waals surface area contributed by atoms with E-state index in [0.717, 1.165) is 28.7 Å². The van der Waals surface area contributed by atoms with Crippen molar-refractivity contribution in [2.45, 2.75) is 69.9 Å². The molecule has 2 aromatic rings. The number of ether oxygens (including phenoxy) is 1. The van der Waals surface area contributed by atoms with Crippen LogP contribution in [-0.2, 0) is 14.3 Å². The van der Waals surface area contributed by atoms with Gasteiger partial charge in [0.1, 0.15) is 12.6 Å². The zero-order valence-corrected chi connectivity index (χ0v) is 20.2. The Labute approximate surface area is 206 Å². The van der Waals surface area contributed by atoms with Gasteiger partial charge in [-0.2, -0.15) is 0 Å². The number of amides is 2. The van der Waals surface area contributed by atoms with E-state index in [1.54, 1.807) is 0 Å². The van der Waals surface area contributed by atoms with Gasteiger partial charge < -0.3 is 20.5 Å². The van der Waals surface area contributed by atoms with Crippen molar-refractivity contribution in [3.8, 4) is 11.1 Å². The van der Waals surface area contributed by atoms with Crippen LogP contribution in [0.4, 0.5) is 4.79 Å². The Hall–Kier alpha value is -3.35. The monoisotopic (exact) mass is 478 g/mol. The van der Waals surface area contributed by atoms with Crippen molar-refractivity contribution in [3.63, 3.8) is 0 Å². The van der Waals surface area contributed by atoms with E-state index >= 15 is 0 Å². The van der Waals surface area contributed by atoms with Crippen LogP contribution in [0.15, 0.2) is 48.5 Å². The van der Waals surface area contributed by atoms with E-state index in [1.165, 1.54) is 25.7 Å². The fraction of sp³-hybridized carbons (Fsp3) is 0.464. The van der Waals surface area contributed by atoms with Crippen molar-refractivity contribution < 1.29 is 24.2 Å². The van der Waals surface area contributed by atoms with Crippen LogP contribution in [0.2, 0.25) is 0 Å². The normalized spacial score (nSPS) is 16.7. The number of carboxylic acids is 1. The fourth-order valence-corrected chi connectivity index (χ4v) is 5.47. The number of carbonyl (C=O) groups excluding carboxylic acids is 2. The number of aliphatic carboxylic acids is 1. The molecule has 1 fully saturated rings. The van der Waals surface area contributed by atoms with Gasteiger partial charge in [0.25, 0.3) is 0 Å². The lowest BCUT2D eigenvalue weighted by molar-refractivity contribution is -0.137. The highest BCUT2D eigenvalue weighted by molar-refractivity contribution is 5.86. The highest BCUT2D eigenvalue weighted by Gasteiger charge is 2.30. The first-order valence-corrected chi connectivity index (χ1v) is 12.6. The standard InChI is InChI=1S/C28H34N2O5/c1-18(16-19-8-2-3-9-19)29-27(33)25(14-15-26(31)32)30-28(34)35-17-24-22-12-6-4-10-20(22)21-11-5-7-13-23(21)24/h4-7,10-13,18-19,24-25H,2-3,8-9,14-17H2,1H3,(H,29,33)(H,30,34)(H,31,32). The van der Waals surface area contributed by atoms with Crippen LogP contribution in [0.1, 0.15) is 68.9 Å². The fourth-order valence-electron chi connectivity index (χ4n) is 5.47. The molecular weight excluding hydrogens is 444 g/mol. The minimum Gasteiger partial charge on any atom is -0.481 e. The first-order chi connectivity index (χ1) is 16.9. The number of benzene rings is 2. The van der Waals surface area contributed by atoms with Gasteiger partial charge in [-0.15, -0.1) is 0 Å². The quantitative estimate of drug-likeness (QED) is 0.453. The van der Waals surface area contributed by atoms with Gasteiger partial charge in [0, 0.05) is 18.4 Å². The summed E-state index contributed by atoms with van der Waals surface area (Å²) in [6.45, 7) is 2.09. The van der Waals surface area contributed by atoms with E-state index in [4.69, 9.17) is 9.84 Å². The summed E-state index contributed by atoms with van der Waals surface area (Å²) in [6.07, 6.45) is 4.77. The average molecular weight is 479 g/mol. The van der Waals surface area contributed by atoms with Gasteiger partial charge in [-0.1, -0.05) is 74.2 Å². The van der Waals surface area contributed by atoms with Crippen LogP contribution in [0, 0.1) is 5.92 Å². The number of rotatable bonds is 10. The molecule has 35 heavy (non-hydrogen) atoms. The van der Waals surface area contributed by atoms with Crippen molar-refractivity contribution in [3.05, 3.63) is 59.7 Å². The van der Waals surface area contributed by atoms with Gasteiger partial charge in [-0.25, -0.2) is 4.79 Å². The molecule has 4 rings (SSSR count). The minimum atomic E-state index is -1.02. The topological polar surface area (TPSA) is 105 Å². The molecule has 0 heterocycles. The van der Waals surface area contributed by atoms with Gasteiger partial charge in [0.15, 0.2) is 0 Å². The Morgan fingerprint density at radius 1 is 0.971 bits per heavy atom. The molecule has 0 spiro atoms. The van der Waals surface area contributed by atoms with E-state index in [1.807, 2.05) is 43.3 Å². The number of nitrogens with one attached hydrogen (secondary N) is 2. The second-order valence-corrected chi connectivity index (χ2v) is 9.75. The van der Waals surface area contributed by atoms with Gasteiger partial charge in [0.05, 0.1) is 0 Å². The molecule has 2 aliphatic carbocycles. The van der Waals surface area contributed by atoms with Crippen molar-refractivity contribution in [2.24, 2.45) is 5.92 Å². The predicted octanol–water partition coefficient (Wildman–Crippen LogP) is 4.84. The summed E-state index contributed by atoms with van der Waals surface area (Å²) in [5.41, 5.74) is 4.46. The van der Waals surface area contributed by atoms with Crippen molar-refractivity contribution in [2.75, 3.05) is 6.61 Å². The summed E-state index contributed by atoms with van der Waals surface area (Å²) < 4.78 is 5.56. The summed E-state index contributed by atoms with van der Waals surface area (Å²) in [5.74, 6) is -0.870. The molecule has 0 saturated heterocycles. The Morgan fingerprint density at radius 3 is 2.17 bits per heavy atom. The Bertz CT molecular complexity index is 1020. The number of carbonyl (C=O) groups is 3. The first kappa shape index (κ1) is 24.8. The summed E-state index contributed by atoms with van der Waals surface area (Å²) in [7, 11) is 0. The molecule has 3 N–H and O–H groups in total. The molecule has 2 aliphatic rings. The van der Waals surface area contributed by atoms with Crippen molar-refractivity contribution in [1.29, 1.82) is 0 Å². The number of fused-ring (bicyclic) bond motifs is 3. The maximum Gasteiger partial charge on any atom is 0.407 e. The van der Waals surface area contributed by atoms with Crippen LogP contribution >= 0.6 is 0 Å². The van der Waals surface area contributed by atoms with E-state index in [-0.39, 0.29) is 37.3 Å². The predicted molar refractivity (Wildman–Crippen MR) is 133 cm³/mol. The maximum absolute atomic E-state index is 12.9. The Morgan fingerprint density at radius 2 is 1.57 bits per heavy atom. The lowest BCUT2D eigenvalue weighted by Gasteiger charge is -2.23.